The highest BCUT2D eigenvalue weighted by atomic mass is 35.5. The molecule has 0 bridgehead atoms. The van der Waals surface area contributed by atoms with E-state index in [2.05, 4.69) is 5.32 Å². The van der Waals surface area contributed by atoms with Crippen LogP contribution >= 0.6 is 35.2 Å². The fourth-order valence-corrected chi connectivity index (χ4v) is 2.04. The lowest BCUT2D eigenvalue weighted by molar-refractivity contribution is -0.122. The van der Waals surface area contributed by atoms with Gasteiger partial charge in [-0.15, -0.1) is 11.3 Å². The summed E-state index contributed by atoms with van der Waals surface area (Å²) in [6.07, 6.45) is 0. The molecule has 0 aromatic carbocycles. The molecule has 1 aromatic rings. The molecule has 82 valence electrons. The van der Waals surface area contributed by atoms with Gasteiger partial charge in [0.25, 0.3) is 0 Å². The Morgan fingerprint density at radius 2 is 2.40 bits per heavy atom. The highest BCUT2D eigenvalue weighted by Crippen LogP contribution is 2.21. The van der Waals surface area contributed by atoms with Crippen LogP contribution in [-0.4, -0.2) is 10.9 Å². The summed E-state index contributed by atoms with van der Waals surface area (Å²) < 4.78 is 0.710. The van der Waals surface area contributed by atoms with Crippen LogP contribution in [0.1, 0.15) is 11.8 Å². The van der Waals surface area contributed by atoms with E-state index in [1.807, 2.05) is 6.07 Å². The quantitative estimate of drug-likeness (QED) is 0.816. The van der Waals surface area contributed by atoms with Crippen molar-refractivity contribution in [1.82, 2.24) is 5.32 Å². The monoisotopic (exact) mass is 262 g/mol. The predicted molar refractivity (Wildman–Crippen MR) is 67.1 cm³/mol. The highest BCUT2D eigenvalue weighted by molar-refractivity contribution is 7.80. The van der Waals surface area contributed by atoms with E-state index in [4.69, 9.17) is 29.6 Å². The molecule has 0 aliphatic carbocycles. The smallest absolute Gasteiger partial charge is 0.229 e. The van der Waals surface area contributed by atoms with Gasteiger partial charge in [0, 0.05) is 4.88 Å². The first-order valence-corrected chi connectivity index (χ1v) is 5.92. The molecule has 6 heteroatoms. The van der Waals surface area contributed by atoms with Crippen molar-refractivity contribution in [3.05, 3.63) is 21.3 Å². The second-order valence-electron chi connectivity index (χ2n) is 3.05. The Balaban J connectivity index is 2.44. The Morgan fingerprint density at radius 1 is 1.73 bits per heavy atom. The van der Waals surface area contributed by atoms with Gasteiger partial charge in [0.2, 0.25) is 5.91 Å². The summed E-state index contributed by atoms with van der Waals surface area (Å²) in [7, 11) is 0. The summed E-state index contributed by atoms with van der Waals surface area (Å²) in [5.74, 6) is -0.595. The number of carbonyl (C=O) groups is 1. The summed E-state index contributed by atoms with van der Waals surface area (Å²) in [5.41, 5.74) is 5.36. The molecule has 15 heavy (non-hydrogen) atoms. The first-order valence-electron chi connectivity index (χ1n) is 4.32. The lowest BCUT2D eigenvalue weighted by Crippen LogP contribution is -2.35. The third kappa shape index (κ3) is 3.77. The van der Waals surface area contributed by atoms with E-state index >= 15 is 0 Å². The molecule has 1 amide bonds. The molecule has 1 heterocycles. The normalized spacial score (nSPS) is 12.1. The van der Waals surface area contributed by atoms with Crippen molar-refractivity contribution in [3.8, 4) is 0 Å². The van der Waals surface area contributed by atoms with E-state index in [9.17, 15) is 4.79 Å². The molecule has 1 unspecified atom stereocenters. The summed E-state index contributed by atoms with van der Waals surface area (Å²) >= 11 is 11.9. The van der Waals surface area contributed by atoms with Gasteiger partial charge >= 0.3 is 0 Å². The highest BCUT2D eigenvalue weighted by Gasteiger charge is 2.14. The van der Waals surface area contributed by atoms with Crippen molar-refractivity contribution in [3.63, 3.8) is 0 Å². The minimum atomic E-state index is -0.435. The van der Waals surface area contributed by atoms with Crippen molar-refractivity contribution < 1.29 is 4.79 Å². The first-order chi connectivity index (χ1) is 7.00. The van der Waals surface area contributed by atoms with Crippen LogP contribution in [0.2, 0.25) is 4.34 Å². The number of rotatable bonds is 4. The van der Waals surface area contributed by atoms with Gasteiger partial charge < -0.3 is 11.1 Å². The van der Waals surface area contributed by atoms with Gasteiger partial charge in [-0.05, 0) is 19.1 Å². The molecule has 0 saturated heterocycles. The number of halogens is 1. The summed E-state index contributed by atoms with van der Waals surface area (Å²) in [6.45, 7) is 2.14. The molecule has 0 saturated carbocycles. The summed E-state index contributed by atoms with van der Waals surface area (Å²) in [4.78, 5) is 12.7. The van der Waals surface area contributed by atoms with Gasteiger partial charge in [-0.25, -0.2) is 0 Å². The Labute approximate surface area is 103 Å². The number of hydrogen-bond acceptors (Lipinski definition) is 3. The minimum Gasteiger partial charge on any atom is -0.393 e. The van der Waals surface area contributed by atoms with E-state index < -0.39 is 5.92 Å². The molecular formula is C9H11ClN2OS2. The average molecular weight is 263 g/mol. The van der Waals surface area contributed by atoms with Crippen LogP contribution in [0.5, 0.6) is 0 Å². The number of amides is 1. The molecule has 1 rings (SSSR count). The van der Waals surface area contributed by atoms with Crippen LogP contribution in [-0.2, 0) is 11.3 Å². The van der Waals surface area contributed by atoms with Crippen molar-refractivity contribution in [1.29, 1.82) is 0 Å². The maximum absolute atomic E-state index is 11.5. The zero-order valence-electron chi connectivity index (χ0n) is 8.12. The van der Waals surface area contributed by atoms with Crippen LogP contribution in [0.25, 0.3) is 0 Å². The van der Waals surface area contributed by atoms with E-state index in [1.165, 1.54) is 11.3 Å². The first kappa shape index (κ1) is 12.4. The second kappa shape index (κ2) is 5.44. The third-order valence-corrected chi connectivity index (χ3v) is 3.47. The topological polar surface area (TPSA) is 55.1 Å². The molecular weight excluding hydrogens is 252 g/mol. The van der Waals surface area contributed by atoms with Crippen molar-refractivity contribution in [2.24, 2.45) is 11.7 Å². The summed E-state index contributed by atoms with van der Waals surface area (Å²) in [6, 6.07) is 3.67. The van der Waals surface area contributed by atoms with Crippen LogP contribution in [0.4, 0.5) is 0 Å². The van der Waals surface area contributed by atoms with Gasteiger partial charge in [0.1, 0.15) is 0 Å². The van der Waals surface area contributed by atoms with Crippen LogP contribution < -0.4 is 11.1 Å². The zero-order valence-corrected chi connectivity index (χ0v) is 10.5. The number of thiophene rings is 1. The Hall–Kier alpha value is -0.650. The molecule has 3 nitrogen and oxygen atoms in total. The number of thiocarbonyl (C=S) groups is 1. The van der Waals surface area contributed by atoms with Crippen LogP contribution in [0.3, 0.4) is 0 Å². The lowest BCUT2D eigenvalue weighted by Gasteiger charge is -2.09. The van der Waals surface area contributed by atoms with Crippen molar-refractivity contribution in [2.45, 2.75) is 13.5 Å². The molecule has 0 fully saturated rings. The maximum atomic E-state index is 11.5. The van der Waals surface area contributed by atoms with Crippen molar-refractivity contribution in [2.75, 3.05) is 0 Å². The predicted octanol–water partition coefficient (Wildman–Crippen LogP) is 1.94. The SMILES string of the molecule is CC(C(=O)NCc1ccc(Cl)s1)C(N)=S. The molecule has 0 aliphatic heterocycles. The maximum Gasteiger partial charge on any atom is 0.229 e. The largest absolute Gasteiger partial charge is 0.393 e. The standard InChI is InChI=1S/C9H11ClN2OS2/c1-5(8(11)14)9(13)12-4-6-2-3-7(10)15-6/h2-3,5H,4H2,1H3,(H2,11,14)(H,12,13). The van der Waals surface area contributed by atoms with Gasteiger partial charge in [-0.3, -0.25) is 4.79 Å². The molecule has 1 atom stereocenters. The van der Waals surface area contributed by atoms with E-state index in [1.54, 1.807) is 13.0 Å². The molecule has 3 N–H and O–H groups in total. The van der Waals surface area contributed by atoms with Gasteiger partial charge in [-0.2, -0.15) is 0 Å². The van der Waals surface area contributed by atoms with Crippen molar-refractivity contribution >= 4 is 46.1 Å². The molecule has 0 radical (unpaired) electrons. The number of nitrogens with two attached hydrogens (primary N) is 1. The third-order valence-electron chi connectivity index (χ3n) is 1.89. The van der Waals surface area contributed by atoms with E-state index in [-0.39, 0.29) is 10.9 Å². The second-order valence-corrected chi connectivity index (χ2v) is 5.32. The minimum absolute atomic E-state index is 0.160. The lowest BCUT2D eigenvalue weighted by atomic mass is 10.1. The molecule has 0 spiro atoms. The number of carbonyl (C=O) groups excluding carboxylic acids is 1. The van der Waals surface area contributed by atoms with E-state index in [0.717, 1.165) is 4.88 Å². The average Bonchev–Trinajstić information content (AvgIpc) is 2.59. The fraction of sp³-hybridized carbons (Fsp3) is 0.333. The van der Waals surface area contributed by atoms with Gasteiger partial charge in [0.15, 0.2) is 0 Å². The Morgan fingerprint density at radius 3 is 2.87 bits per heavy atom. The molecule has 1 aromatic heterocycles. The van der Waals surface area contributed by atoms with Gasteiger partial charge in [-0.1, -0.05) is 23.8 Å². The number of hydrogen-bond donors (Lipinski definition) is 2. The van der Waals surface area contributed by atoms with Crippen LogP contribution in [0.15, 0.2) is 12.1 Å². The van der Waals surface area contributed by atoms with Crippen LogP contribution in [0, 0.1) is 5.92 Å². The van der Waals surface area contributed by atoms with Gasteiger partial charge in [0.05, 0.1) is 21.8 Å². The number of nitrogens with one attached hydrogen (secondary N) is 1. The zero-order chi connectivity index (χ0) is 11.4. The fourth-order valence-electron chi connectivity index (χ4n) is 0.903. The van der Waals surface area contributed by atoms with E-state index in [0.29, 0.717) is 10.9 Å². The molecule has 0 aliphatic rings. The Kier molecular flexibility index (Phi) is 4.50. The Bertz CT molecular complexity index is 378. The summed E-state index contributed by atoms with van der Waals surface area (Å²) in [5, 5.41) is 2.74.